The lowest BCUT2D eigenvalue weighted by atomic mass is 10.1. The number of hydrogen-bond acceptors (Lipinski definition) is 5. The van der Waals surface area contributed by atoms with Gasteiger partial charge in [0.15, 0.2) is 0 Å². The molecule has 1 amide bonds. The van der Waals surface area contributed by atoms with E-state index in [2.05, 4.69) is 10.3 Å². The van der Waals surface area contributed by atoms with E-state index in [1.165, 1.54) is 18.2 Å². The smallest absolute Gasteiger partial charge is 0.354 e. The fourth-order valence-corrected chi connectivity index (χ4v) is 2.11. The molecule has 2 rings (SSSR count). The minimum atomic E-state index is -1.15. The van der Waals surface area contributed by atoms with Gasteiger partial charge < -0.3 is 19.9 Å². The Bertz CT molecular complexity index is 514. The molecule has 22 heavy (non-hydrogen) atoms. The second kappa shape index (κ2) is 8.45. The van der Waals surface area contributed by atoms with E-state index < -0.39 is 5.97 Å². The molecule has 1 saturated heterocycles. The summed E-state index contributed by atoms with van der Waals surface area (Å²) in [5.74, 6) is -1.05. The molecule has 1 fully saturated rings. The highest BCUT2D eigenvalue weighted by Crippen LogP contribution is 2.12. The number of aromatic nitrogens is 1. The summed E-state index contributed by atoms with van der Waals surface area (Å²) in [4.78, 5) is 26.4. The minimum absolute atomic E-state index is 0.101. The molecule has 2 N–H and O–H groups in total. The monoisotopic (exact) mass is 308 g/mol. The molecular weight excluding hydrogens is 288 g/mol. The van der Waals surface area contributed by atoms with Gasteiger partial charge >= 0.3 is 5.97 Å². The Morgan fingerprint density at radius 3 is 2.95 bits per heavy atom. The Hall–Kier alpha value is -1.99. The number of amides is 1. The number of carboxylic acid groups (broad SMARTS) is 1. The maximum absolute atomic E-state index is 11.8. The summed E-state index contributed by atoms with van der Waals surface area (Å²) < 4.78 is 10.8. The molecule has 1 aliphatic rings. The van der Waals surface area contributed by atoms with E-state index in [0.717, 1.165) is 19.6 Å². The molecule has 1 aliphatic heterocycles. The molecule has 0 radical (unpaired) electrons. The van der Waals surface area contributed by atoms with E-state index in [-0.39, 0.29) is 17.3 Å². The van der Waals surface area contributed by atoms with E-state index in [4.69, 9.17) is 14.6 Å². The third kappa shape index (κ3) is 5.09. The van der Waals surface area contributed by atoms with Crippen molar-refractivity contribution in [2.45, 2.75) is 12.8 Å². The van der Waals surface area contributed by atoms with Crippen LogP contribution in [0, 0.1) is 5.92 Å². The molecule has 2 heterocycles. The van der Waals surface area contributed by atoms with Crippen molar-refractivity contribution in [3.05, 3.63) is 29.6 Å². The van der Waals surface area contributed by atoms with Crippen LogP contribution in [0.2, 0.25) is 0 Å². The SMILES string of the molecule is O=C(O)c1cccc(C(=O)NCCCOCC2CCOC2)n1. The topological polar surface area (TPSA) is 97.8 Å². The second-order valence-electron chi connectivity index (χ2n) is 5.13. The summed E-state index contributed by atoms with van der Waals surface area (Å²) >= 11 is 0. The van der Waals surface area contributed by atoms with Crippen LogP contribution in [0.5, 0.6) is 0 Å². The maximum Gasteiger partial charge on any atom is 0.354 e. The Kier molecular flexibility index (Phi) is 6.29. The zero-order valence-electron chi connectivity index (χ0n) is 12.3. The van der Waals surface area contributed by atoms with Crippen molar-refractivity contribution in [2.75, 3.05) is 33.0 Å². The van der Waals surface area contributed by atoms with Gasteiger partial charge in [0.25, 0.3) is 5.91 Å². The van der Waals surface area contributed by atoms with Crippen molar-refractivity contribution in [3.8, 4) is 0 Å². The summed E-state index contributed by atoms with van der Waals surface area (Å²) in [5.41, 5.74) is -0.0429. The van der Waals surface area contributed by atoms with E-state index >= 15 is 0 Å². The van der Waals surface area contributed by atoms with Gasteiger partial charge in [0.1, 0.15) is 11.4 Å². The third-order valence-corrected chi connectivity index (χ3v) is 3.33. The van der Waals surface area contributed by atoms with Gasteiger partial charge in [-0.25, -0.2) is 9.78 Å². The molecule has 1 aromatic rings. The van der Waals surface area contributed by atoms with Gasteiger partial charge in [-0.15, -0.1) is 0 Å². The molecule has 120 valence electrons. The van der Waals surface area contributed by atoms with E-state index in [1.807, 2.05) is 0 Å². The standard InChI is InChI=1S/C15H20N2O5/c18-14(12-3-1-4-13(17-12)15(19)20)16-6-2-7-21-9-11-5-8-22-10-11/h1,3-4,11H,2,5-10H2,(H,16,18)(H,19,20). The number of carbonyl (C=O) groups is 2. The lowest BCUT2D eigenvalue weighted by molar-refractivity contribution is 0.0690. The molecule has 0 saturated carbocycles. The van der Waals surface area contributed by atoms with Crippen molar-refractivity contribution < 1.29 is 24.2 Å². The Morgan fingerprint density at radius 1 is 1.41 bits per heavy atom. The van der Waals surface area contributed by atoms with E-state index in [0.29, 0.717) is 32.1 Å². The molecule has 7 nitrogen and oxygen atoms in total. The van der Waals surface area contributed by atoms with Gasteiger partial charge in [-0.1, -0.05) is 6.07 Å². The molecular formula is C15H20N2O5. The number of carbonyl (C=O) groups excluding carboxylic acids is 1. The van der Waals surface area contributed by atoms with E-state index in [1.54, 1.807) is 0 Å². The average Bonchev–Trinajstić information content (AvgIpc) is 3.04. The van der Waals surface area contributed by atoms with Crippen LogP contribution in [0.25, 0.3) is 0 Å². The summed E-state index contributed by atoms with van der Waals surface area (Å²) in [6.45, 7) is 3.29. The summed E-state index contributed by atoms with van der Waals surface area (Å²) in [7, 11) is 0. The molecule has 1 aromatic heterocycles. The number of pyridine rings is 1. The van der Waals surface area contributed by atoms with Gasteiger partial charge in [-0.05, 0) is 25.0 Å². The normalized spacial score (nSPS) is 17.4. The predicted octanol–water partition coefficient (Wildman–Crippen LogP) is 0.953. The predicted molar refractivity (Wildman–Crippen MR) is 77.9 cm³/mol. The number of hydrogen-bond donors (Lipinski definition) is 2. The van der Waals surface area contributed by atoms with Crippen LogP contribution in [0.15, 0.2) is 18.2 Å². The highest BCUT2D eigenvalue weighted by Gasteiger charge is 2.15. The summed E-state index contributed by atoms with van der Waals surface area (Å²) in [6, 6.07) is 4.33. The average molecular weight is 308 g/mol. The lowest BCUT2D eigenvalue weighted by Gasteiger charge is -2.09. The number of aromatic carboxylic acids is 1. The third-order valence-electron chi connectivity index (χ3n) is 3.33. The van der Waals surface area contributed by atoms with Crippen LogP contribution in [-0.2, 0) is 9.47 Å². The van der Waals surface area contributed by atoms with Gasteiger partial charge in [0.2, 0.25) is 0 Å². The Morgan fingerprint density at radius 2 is 2.23 bits per heavy atom. The van der Waals surface area contributed by atoms with Crippen LogP contribution >= 0.6 is 0 Å². The molecule has 0 bridgehead atoms. The zero-order chi connectivity index (χ0) is 15.8. The Balaban J connectivity index is 1.63. The van der Waals surface area contributed by atoms with Gasteiger partial charge in [-0.2, -0.15) is 0 Å². The number of ether oxygens (including phenoxy) is 2. The van der Waals surface area contributed by atoms with Crippen molar-refractivity contribution in [3.63, 3.8) is 0 Å². The number of nitrogens with zero attached hydrogens (tertiary/aromatic N) is 1. The van der Waals surface area contributed by atoms with Crippen LogP contribution in [0.3, 0.4) is 0 Å². The van der Waals surface area contributed by atoms with Gasteiger partial charge in [-0.3, -0.25) is 4.79 Å². The van der Waals surface area contributed by atoms with Crippen LogP contribution in [0.1, 0.15) is 33.8 Å². The molecule has 1 atom stereocenters. The summed E-state index contributed by atoms with van der Waals surface area (Å²) in [6.07, 6.45) is 1.74. The molecule has 0 spiro atoms. The van der Waals surface area contributed by atoms with Crippen LogP contribution in [0.4, 0.5) is 0 Å². The number of rotatable bonds is 8. The van der Waals surface area contributed by atoms with Gasteiger partial charge in [0, 0.05) is 25.7 Å². The first-order valence-electron chi connectivity index (χ1n) is 7.31. The molecule has 7 heteroatoms. The molecule has 0 aromatic carbocycles. The summed E-state index contributed by atoms with van der Waals surface area (Å²) in [5, 5.41) is 11.5. The van der Waals surface area contributed by atoms with Crippen molar-refractivity contribution in [2.24, 2.45) is 5.92 Å². The first kappa shape index (κ1) is 16.4. The molecule has 1 unspecified atom stereocenters. The maximum atomic E-state index is 11.8. The van der Waals surface area contributed by atoms with Crippen molar-refractivity contribution in [1.82, 2.24) is 10.3 Å². The van der Waals surface area contributed by atoms with Crippen molar-refractivity contribution >= 4 is 11.9 Å². The largest absolute Gasteiger partial charge is 0.477 e. The minimum Gasteiger partial charge on any atom is -0.477 e. The van der Waals surface area contributed by atoms with E-state index in [9.17, 15) is 9.59 Å². The van der Waals surface area contributed by atoms with Crippen molar-refractivity contribution in [1.29, 1.82) is 0 Å². The molecule has 0 aliphatic carbocycles. The van der Waals surface area contributed by atoms with Crippen LogP contribution in [-0.4, -0.2) is 54.9 Å². The Labute approximate surface area is 128 Å². The quantitative estimate of drug-likeness (QED) is 0.694. The lowest BCUT2D eigenvalue weighted by Crippen LogP contribution is -2.26. The number of nitrogens with one attached hydrogen (secondary N) is 1. The zero-order valence-corrected chi connectivity index (χ0v) is 12.3. The van der Waals surface area contributed by atoms with Gasteiger partial charge in [0.05, 0.1) is 13.2 Å². The fourth-order valence-electron chi connectivity index (χ4n) is 2.11. The highest BCUT2D eigenvalue weighted by molar-refractivity contribution is 5.94. The van der Waals surface area contributed by atoms with Crippen LogP contribution < -0.4 is 5.32 Å². The first-order valence-corrected chi connectivity index (χ1v) is 7.31. The highest BCUT2D eigenvalue weighted by atomic mass is 16.5. The number of carboxylic acids is 1. The second-order valence-corrected chi connectivity index (χ2v) is 5.13. The fraction of sp³-hybridized carbons (Fsp3) is 0.533. The first-order chi connectivity index (χ1) is 10.7.